The fourth-order valence-electron chi connectivity index (χ4n) is 5.14. The molecule has 2 atom stereocenters. The van der Waals surface area contributed by atoms with E-state index in [-0.39, 0.29) is 24.3 Å². The Morgan fingerprint density at radius 3 is 2.58 bits per heavy atom. The highest BCUT2D eigenvalue weighted by Crippen LogP contribution is 2.35. The minimum absolute atomic E-state index is 0.107. The Hall–Kier alpha value is -3.43. The average Bonchev–Trinajstić information content (AvgIpc) is 3.04. The van der Waals surface area contributed by atoms with Crippen LogP contribution in [0.15, 0.2) is 66.4 Å². The van der Waals surface area contributed by atoms with Crippen molar-refractivity contribution in [3.63, 3.8) is 0 Å². The van der Waals surface area contributed by atoms with Crippen molar-refractivity contribution in [3.8, 4) is 0 Å². The first-order valence-electron chi connectivity index (χ1n) is 14.1. The fourth-order valence-corrected chi connectivity index (χ4v) is 5.14. The Morgan fingerprint density at radius 1 is 1.15 bits per heavy atom. The standard InChI is InChI=1S/C31H46N6O3/c1-30(2,32)28(39)34-26(17-16-25-15-8-5-6-11-19-33-22-25)27(38)37-20-12-18-31(23-37,29(40)35-36(3)4)21-24-13-9-7-10-14-24/h5-11,13-14,22,26,33H,12,15-21,23,32H2,1-4H3,(H,34,39)(H,35,40)/b8-5-,11-6-,25-22+/t26-,31-/m1/s1. The summed E-state index contributed by atoms with van der Waals surface area (Å²) in [6.45, 7) is 4.78. The molecule has 3 amide bonds. The van der Waals surface area contributed by atoms with E-state index < -0.39 is 17.0 Å². The lowest BCUT2D eigenvalue weighted by Gasteiger charge is -2.43. The normalized spacial score (nSPS) is 23.4. The molecule has 1 aromatic rings. The third-order valence-electron chi connectivity index (χ3n) is 7.33. The maximum atomic E-state index is 14.1. The molecule has 2 aliphatic heterocycles. The van der Waals surface area contributed by atoms with Crippen LogP contribution in [0.4, 0.5) is 0 Å². The molecule has 0 aliphatic carbocycles. The summed E-state index contributed by atoms with van der Waals surface area (Å²) in [6.07, 6.45) is 13.8. The van der Waals surface area contributed by atoms with Gasteiger partial charge in [0.05, 0.1) is 11.0 Å². The van der Waals surface area contributed by atoms with E-state index in [1.54, 1.807) is 37.9 Å². The van der Waals surface area contributed by atoms with E-state index in [2.05, 4.69) is 22.1 Å². The number of hydrazine groups is 1. The lowest BCUT2D eigenvalue weighted by Crippen LogP contribution is -2.60. The first kappa shape index (κ1) is 31.1. The van der Waals surface area contributed by atoms with Gasteiger partial charge in [-0.15, -0.1) is 0 Å². The summed E-state index contributed by atoms with van der Waals surface area (Å²) in [5, 5.41) is 7.86. The molecule has 0 aromatic heterocycles. The minimum atomic E-state index is -1.13. The van der Waals surface area contributed by atoms with E-state index in [9.17, 15) is 14.4 Å². The smallest absolute Gasteiger partial charge is 0.245 e. The summed E-state index contributed by atoms with van der Waals surface area (Å²) < 4.78 is 0. The summed E-state index contributed by atoms with van der Waals surface area (Å²) in [5.41, 5.74) is 9.29. The zero-order valence-electron chi connectivity index (χ0n) is 24.4. The van der Waals surface area contributed by atoms with Gasteiger partial charge < -0.3 is 21.3 Å². The summed E-state index contributed by atoms with van der Waals surface area (Å²) in [5.74, 6) is -0.666. The molecule has 1 fully saturated rings. The lowest BCUT2D eigenvalue weighted by atomic mass is 9.74. The minimum Gasteiger partial charge on any atom is -0.387 e. The van der Waals surface area contributed by atoms with Crippen molar-refractivity contribution in [3.05, 3.63) is 72.0 Å². The maximum Gasteiger partial charge on any atom is 0.245 e. The van der Waals surface area contributed by atoms with Gasteiger partial charge in [-0.25, -0.2) is 5.01 Å². The van der Waals surface area contributed by atoms with Gasteiger partial charge in [0.15, 0.2) is 0 Å². The van der Waals surface area contributed by atoms with Gasteiger partial charge in [-0.1, -0.05) is 60.2 Å². The van der Waals surface area contributed by atoms with Crippen molar-refractivity contribution >= 4 is 17.7 Å². The van der Waals surface area contributed by atoms with Crippen LogP contribution in [0.5, 0.6) is 0 Å². The summed E-state index contributed by atoms with van der Waals surface area (Å²) in [4.78, 5) is 42.4. The number of benzene rings is 1. The number of carbonyl (C=O) groups excluding carboxylic acids is 3. The molecule has 9 nitrogen and oxygen atoms in total. The third-order valence-corrected chi connectivity index (χ3v) is 7.33. The number of carbonyl (C=O) groups is 3. The van der Waals surface area contributed by atoms with Gasteiger partial charge in [0, 0.05) is 33.7 Å². The Balaban J connectivity index is 1.84. The lowest BCUT2D eigenvalue weighted by molar-refractivity contribution is -0.146. The molecule has 2 aliphatic rings. The van der Waals surface area contributed by atoms with Crippen molar-refractivity contribution in [1.82, 2.24) is 26.0 Å². The third kappa shape index (κ3) is 9.06. The maximum absolute atomic E-state index is 14.1. The number of hydrogen-bond donors (Lipinski definition) is 4. The van der Waals surface area contributed by atoms with E-state index in [1.807, 2.05) is 54.8 Å². The van der Waals surface area contributed by atoms with Crippen LogP contribution in [0.3, 0.4) is 0 Å². The summed E-state index contributed by atoms with van der Waals surface area (Å²) in [6, 6.07) is 9.15. The van der Waals surface area contributed by atoms with Crippen molar-refractivity contribution in [1.29, 1.82) is 0 Å². The molecule has 2 heterocycles. The van der Waals surface area contributed by atoms with Crippen LogP contribution >= 0.6 is 0 Å². The van der Waals surface area contributed by atoms with E-state index in [0.717, 1.165) is 24.1 Å². The fraction of sp³-hybridized carbons (Fsp3) is 0.516. The Kier molecular flexibility index (Phi) is 11.1. The van der Waals surface area contributed by atoms with Crippen molar-refractivity contribution in [2.45, 2.75) is 64.0 Å². The SMILES string of the molecule is CN(C)NC(=O)[C@@]1(Cc2ccccc2)CCCN(C(=O)[C@@H](CC/C2=C/NC/C=C\C=C/C2)NC(=O)C(C)(C)N)C1. The van der Waals surface area contributed by atoms with Gasteiger partial charge in [-0.05, 0) is 64.1 Å². The molecule has 9 heteroatoms. The highest BCUT2D eigenvalue weighted by Gasteiger charge is 2.45. The predicted molar refractivity (Wildman–Crippen MR) is 159 cm³/mol. The van der Waals surface area contributed by atoms with E-state index in [0.29, 0.717) is 38.6 Å². The van der Waals surface area contributed by atoms with Gasteiger partial charge >= 0.3 is 0 Å². The number of piperidine rings is 1. The Bertz CT molecular complexity index is 1110. The number of nitrogens with two attached hydrogens (primary N) is 1. The molecule has 5 N–H and O–H groups in total. The number of nitrogens with zero attached hydrogens (tertiary/aromatic N) is 2. The number of rotatable bonds is 10. The summed E-state index contributed by atoms with van der Waals surface area (Å²) >= 11 is 0. The van der Waals surface area contributed by atoms with Gasteiger partial charge in [0.25, 0.3) is 0 Å². The Labute approximate surface area is 238 Å². The zero-order chi connectivity index (χ0) is 29.2. The molecule has 3 rings (SSSR count). The number of allylic oxidation sites excluding steroid dienone is 4. The molecular weight excluding hydrogens is 504 g/mol. The van der Waals surface area contributed by atoms with Crippen LogP contribution < -0.4 is 21.8 Å². The molecule has 1 saturated heterocycles. The average molecular weight is 551 g/mol. The Morgan fingerprint density at radius 2 is 1.88 bits per heavy atom. The molecule has 40 heavy (non-hydrogen) atoms. The molecular formula is C31H46N6O3. The highest BCUT2D eigenvalue weighted by molar-refractivity contribution is 5.92. The number of hydrogen-bond acceptors (Lipinski definition) is 6. The van der Waals surface area contributed by atoms with Crippen molar-refractivity contribution in [2.24, 2.45) is 11.1 Å². The largest absolute Gasteiger partial charge is 0.387 e. The topological polar surface area (TPSA) is 120 Å². The number of nitrogens with one attached hydrogen (secondary N) is 3. The predicted octanol–water partition coefficient (Wildman–Crippen LogP) is 2.42. The van der Waals surface area contributed by atoms with Crippen molar-refractivity contribution < 1.29 is 14.4 Å². The first-order valence-corrected chi connectivity index (χ1v) is 14.1. The summed E-state index contributed by atoms with van der Waals surface area (Å²) in [7, 11) is 3.57. The van der Waals surface area contributed by atoms with Gasteiger partial charge in [0.2, 0.25) is 17.7 Å². The monoisotopic (exact) mass is 550 g/mol. The molecule has 0 radical (unpaired) electrons. The zero-order valence-corrected chi connectivity index (χ0v) is 24.4. The quantitative estimate of drug-likeness (QED) is 0.332. The second kappa shape index (κ2) is 14.3. The van der Waals surface area contributed by atoms with Crippen LogP contribution in [-0.2, 0) is 20.8 Å². The van der Waals surface area contributed by atoms with Gasteiger partial charge in [-0.3, -0.25) is 19.8 Å². The van der Waals surface area contributed by atoms with Crippen LogP contribution in [0.2, 0.25) is 0 Å². The van der Waals surface area contributed by atoms with Gasteiger partial charge in [-0.2, -0.15) is 0 Å². The van der Waals surface area contributed by atoms with E-state index in [4.69, 9.17) is 5.73 Å². The second-order valence-electron chi connectivity index (χ2n) is 11.7. The van der Waals surface area contributed by atoms with Crippen molar-refractivity contribution in [2.75, 3.05) is 33.7 Å². The first-order chi connectivity index (χ1) is 19.0. The number of amides is 3. The van der Waals surface area contributed by atoms with Crippen LogP contribution in [0, 0.1) is 5.41 Å². The molecule has 218 valence electrons. The van der Waals surface area contributed by atoms with E-state index >= 15 is 0 Å². The highest BCUT2D eigenvalue weighted by atomic mass is 16.2. The molecule has 0 saturated carbocycles. The van der Waals surface area contributed by atoms with E-state index in [1.165, 1.54) is 0 Å². The molecule has 0 spiro atoms. The molecule has 1 aromatic carbocycles. The van der Waals surface area contributed by atoms with Crippen LogP contribution in [0.1, 0.15) is 51.5 Å². The molecule has 0 unspecified atom stereocenters. The second-order valence-corrected chi connectivity index (χ2v) is 11.7. The molecule has 0 bridgehead atoms. The van der Waals surface area contributed by atoms with Gasteiger partial charge in [0.1, 0.15) is 6.04 Å². The number of likely N-dealkylation sites (tertiary alicyclic amines) is 1. The van der Waals surface area contributed by atoms with Crippen LogP contribution in [0.25, 0.3) is 0 Å². The van der Waals surface area contributed by atoms with Crippen LogP contribution in [-0.4, -0.2) is 72.9 Å².